The van der Waals surface area contributed by atoms with Crippen LogP contribution in [0.15, 0.2) is 48.5 Å². The number of hydrogen-bond donors (Lipinski definition) is 0. The number of rotatable bonds is 4. The number of pyridine rings is 1. The molecule has 0 radical (unpaired) electrons. The molecule has 3 rings (SSSR count). The number of nitrogens with zero attached hydrogens (tertiary/aromatic N) is 5. The number of hydrogen-bond acceptors (Lipinski definition) is 6. The molecule has 1 aromatic heterocycles. The summed E-state index contributed by atoms with van der Waals surface area (Å²) in [7, 11) is 1.83. The van der Waals surface area contributed by atoms with Gasteiger partial charge in [0.1, 0.15) is 5.82 Å². The number of anilines is 1. The molecule has 26 heavy (non-hydrogen) atoms. The number of non-ortho nitro benzene ring substituents is 1. The van der Waals surface area contributed by atoms with Crippen molar-refractivity contribution in [3.63, 3.8) is 0 Å². The van der Waals surface area contributed by atoms with Crippen LogP contribution in [-0.4, -0.2) is 17.0 Å². The number of nitro benzene ring substituents is 1. The van der Waals surface area contributed by atoms with Crippen molar-refractivity contribution < 1.29 is 4.92 Å². The first kappa shape index (κ1) is 16.9. The molecular formula is C19H13N5O2. The molecular weight excluding hydrogens is 330 g/mol. The van der Waals surface area contributed by atoms with E-state index >= 15 is 0 Å². The molecule has 0 amide bonds. The Labute approximate surface area is 149 Å². The zero-order valence-corrected chi connectivity index (χ0v) is 13.9. The minimum atomic E-state index is -0.497. The van der Waals surface area contributed by atoms with Crippen LogP contribution in [0.4, 0.5) is 11.5 Å². The third-order valence-corrected chi connectivity index (χ3v) is 3.98. The highest BCUT2D eigenvalue weighted by Crippen LogP contribution is 2.26. The summed E-state index contributed by atoms with van der Waals surface area (Å²) in [5.41, 5.74) is 2.28. The number of benzene rings is 2. The van der Waals surface area contributed by atoms with Crippen molar-refractivity contribution in [3.05, 3.63) is 75.3 Å². The summed E-state index contributed by atoms with van der Waals surface area (Å²) in [6, 6.07) is 17.3. The Kier molecular flexibility index (Phi) is 4.46. The normalized spacial score (nSPS) is 10.1. The van der Waals surface area contributed by atoms with Gasteiger partial charge in [0.15, 0.2) is 0 Å². The smallest absolute Gasteiger partial charge is 0.270 e. The van der Waals surface area contributed by atoms with E-state index < -0.39 is 4.92 Å². The minimum absolute atomic E-state index is 0.0785. The van der Waals surface area contributed by atoms with Crippen LogP contribution in [0.5, 0.6) is 0 Å². The Morgan fingerprint density at radius 3 is 2.65 bits per heavy atom. The van der Waals surface area contributed by atoms with Crippen molar-refractivity contribution in [1.29, 1.82) is 10.5 Å². The Hall–Kier alpha value is -3.97. The van der Waals surface area contributed by atoms with Crippen molar-refractivity contribution in [3.8, 4) is 12.1 Å². The number of fused-ring (bicyclic) bond motifs is 1. The minimum Gasteiger partial charge on any atom is -0.355 e. The van der Waals surface area contributed by atoms with Crippen LogP contribution in [0, 0.1) is 32.8 Å². The molecule has 2 aromatic carbocycles. The van der Waals surface area contributed by atoms with Gasteiger partial charge in [-0.25, -0.2) is 4.98 Å². The van der Waals surface area contributed by atoms with Gasteiger partial charge in [0, 0.05) is 31.1 Å². The average molecular weight is 343 g/mol. The van der Waals surface area contributed by atoms with E-state index in [1.54, 1.807) is 24.3 Å². The zero-order valence-electron chi connectivity index (χ0n) is 13.9. The molecule has 0 atom stereocenters. The van der Waals surface area contributed by atoms with Crippen molar-refractivity contribution in [2.45, 2.75) is 6.54 Å². The van der Waals surface area contributed by atoms with Gasteiger partial charge in [0.2, 0.25) is 0 Å². The van der Waals surface area contributed by atoms with E-state index in [-0.39, 0.29) is 5.69 Å². The third-order valence-electron chi connectivity index (χ3n) is 3.98. The van der Waals surface area contributed by atoms with Gasteiger partial charge in [0.05, 0.1) is 33.7 Å². The second-order valence-electron chi connectivity index (χ2n) is 5.77. The van der Waals surface area contributed by atoms with Gasteiger partial charge in [-0.1, -0.05) is 12.1 Å². The second kappa shape index (κ2) is 6.88. The van der Waals surface area contributed by atoms with Crippen molar-refractivity contribution in [2.75, 3.05) is 11.9 Å². The van der Waals surface area contributed by atoms with Crippen LogP contribution < -0.4 is 4.90 Å². The molecule has 0 N–H and O–H groups in total. The van der Waals surface area contributed by atoms with E-state index in [0.29, 0.717) is 34.4 Å². The molecule has 0 aliphatic rings. The van der Waals surface area contributed by atoms with E-state index in [1.165, 1.54) is 12.1 Å². The number of aromatic nitrogens is 1. The average Bonchev–Trinajstić information content (AvgIpc) is 2.66. The Bertz CT molecular complexity index is 1100. The van der Waals surface area contributed by atoms with Gasteiger partial charge in [-0.05, 0) is 29.8 Å². The largest absolute Gasteiger partial charge is 0.355 e. The van der Waals surface area contributed by atoms with Crippen LogP contribution >= 0.6 is 0 Å². The first-order valence-corrected chi connectivity index (χ1v) is 7.71. The molecule has 0 bridgehead atoms. The molecule has 0 aliphatic carbocycles. The zero-order chi connectivity index (χ0) is 18.7. The van der Waals surface area contributed by atoms with E-state index in [9.17, 15) is 15.4 Å². The fourth-order valence-electron chi connectivity index (χ4n) is 2.70. The van der Waals surface area contributed by atoms with Crippen LogP contribution in [0.3, 0.4) is 0 Å². The molecule has 7 nitrogen and oxygen atoms in total. The monoisotopic (exact) mass is 343 g/mol. The van der Waals surface area contributed by atoms with Gasteiger partial charge in [0.25, 0.3) is 5.69 Å². The highest BCUT2D eigenvalue weighted by atomic mass is 16.6. The number of nitriles is 2. The van der Waals surface area contributed by atoms with Gasteiger partial charge in [-0.3, -0.25) is 10.1 Å². The summed E-state index contributed by atoms with van der Waals surface area (Å²) in [6.45, 7) is 0.506. The van der Waals surface area contributed by atoms with Gasteiger partial charge < -0.3 is 4.90 Å². The molecule has 0 fully saturated rings. The second-order valence-corrected chi connectivity index (χ2v) is 5.77. The van der Waals surface area contributed by atoms with E-state index in [2.05, 4.69) is 17.1 Å². The van der Waals surface area contributed by atoms with Gasteiger partial charge in [-0.15, -0.1) is 0 Å². The van der Waals surface area contributed by atoms with E-state index in [1.807, 2.05) is 24.1 Å². The van der Waals surface area contributed by atoms with Crippen LogP contribution in [0.25, 0.3) is 10.9 Å². The van der Waals surface area contributed by atoms with Gasteiger partial charge in [-0.2, -0.15) is 10.5 Å². The van der Waals surface area contributed by atoms with Crippen molar-refractivity contribution >= 4 is 22.4 Å². The topological polar surface area (TPSA) is 107 Å². The standard InChI is InChI=1S/C19H13N5O2/c1-23(12-14-4-2-3-13(7-14)10-20)19-8-15(11-21)17-9-16(24(25)26)5-6-18(17)22-19/h2-9H,12H2,1H3. The summed E-state index contributed by atoms with van der Waals surface area (Å²) >= 11 is 0. The first-order valence-electron chi connectivity index (χ1n) is 7.71. The summed E-state index contributed by atoms with van der Waals surface area (Å²) < 4.78 is 0. The Morgan fingerprint density at radius 1 is 1.15 bits per heavy atom. The molecule has 3 aromatic rings. The predicted octanol–water partition coefficient (Wildman–Crippen LogP) is 3.52. The van der Waals surface area contributed by atoms with E-state index in [0.717, 1.165) is 5.56 Å². The first-order chi connectivity index (χ1) is 12.5. The highest BCUT2D eigenvalue weighted by Gasteiger charge is 2.13. The summed E-state index contributed by atoms with van der Waals surface area (Å²) in [5.74, 6) is 0.574. The molecule has 7 heteroatoms. The van der Waals surface area contributed by atoms with Crippen molar-refractivity contribution in [2.24, 2.45) is 0 Å². The molecule has 126 valence electrons. The molecule has 1 heterocycles. The lowest BCUT2D eigenvalue weighted by molar-refractivity contribution is -0.384. The Balaban J connectivity index is 1.99. The predicted molar refractivity (Wildman–Crippen MR) is 96.4 cm³/mol. The fourth-order valence-corrected chi connectivity index (χ4v) is 2.70. The summed E-state index contributed by atoms with van der Waals surface area (Å²) in [6.07, 6.45) is 0. The van der Waals surface area contributed by atoms with Crippen LogP contribution in [-0.2, 0) is 6.54 Å². The molecule has 0 spiro atoms. The number of nitro groups is 1. The van der Waals surface area contributed by atoms with Crippen molar-refractivity contribution in [1.82, 2.24) is 4.98 Å². The molecule has 0 saturated carbocycles. The van der Waals surface area contributed by atoms with Crippen LogP contribution in [0.1, 0.15) is 16.7 Å². The lowest BCUT2D eigenvalue weighted by Crippen LogP contribution is -2.18. The third kappa shape index (κ3) is 3.28. The fraction of sp³-hybridized carbons (Fsp3) is 0.105. The summed E-state index contributed by atoms with van der Waals surface area (Å²) in [4.78, 5) is 16.8. The molecule has 0 unspecified atom stereocenters. The molecule has 0 aliphatic heterocycles. The maximum absolute atomic E-state index is 10.9. The van der Waals surface area contributed by atoms with Gasteiger partial charge >= 0.3 is 0 Å². The maximum Gasteiger partial charge on any atom is 0.270 e. The quantitative estimate of drug-likeness (QED) is 0.530. The molecule has 0 saturated heterocycles. The SMILES string of the molecule is CN(Cc1cccc(C#N)c1)c1cc(C#N)c2cc([N+](=O)[O-])ccc2n1. The maximum atomic E-state index is 10.9. The lowest BCUT2D eigenvalue weighted by atomic mass is 10.1. The van der Waals surface area contributed by atoms with Crippen LogP contribution in [0.2, 0.25) is 0 Å². The highest BCUT2D eigenvalue weighted by molar-refractivity contribution is 5.88. The summed E-state index contributed by atoms with van der Waals surface area (Å²) in [5, 5.41) is 29.8. The lowest BCUT2D eigenvalue weighted by Gasteiger charge is -2.19. The Morgan fingerprint density at radius 2 is 1.96 bits per heavy atom. The van der Waals surface area contributed by atoms with E-state index in [4.69, 9.17) is 5.26 Å².